The van der Waals surface area contributed by atoms with Crippen LogP contribution < -0.4 is 10.6 Å². The second-order valence-corrected chi connectivity index (χ2v) is 6.64. The fourth-order valence-electron chi connectivity index (χ4n) is 2.82. The van der Waals surface area contributed by atoms with Gasteiger partial charge in [0.05, 0.1) is 19.8 Å². The molecule has 7 heteroatoms. The summed E-state index contributed by atoms with van der Waals surface area (Å²) in [7, 11) is 0. The van der Waals surface area contributed by atoms with E-state index < -0.39 is 11.7 Å². The van der Waals surface area contributed by atoms with Crippen molar-refractivity contribution in [3.8, 4) is 0 Å². The van der Waals surface area contributed by atoms with Crippen LogP contribution in [0, 0.1) is 12.7 Å². The Hall–Kier alpha value is -2.77. The molecule has 148 valence electrons. The third kappa shape index (κ3) is 6.14. The number of halogens is 1. The number of ether oxygens (including phenoxy) is 1. The van der Waals surface area contributed by atoms with Crippen LogP contribution in [0.25, 0.3) is 0 Å². The average molecular weight is 384 g/mol. The van der Waals surface area contributed by atoms with Crippen LogP contribution in [0.5, 0.6) is 0 Å². The molecule has 3 rings (SSSR count). The van der Waals surface area contributed by atoms with Crippen LogP contribution in [0.15, 0.2) is 53.5 Å². The van der Waals surface area contributed by atoms with Gasteiger partial charge in [-0.3, -0.25) is 20.0 Å². The van der Waals surface area contributed by atoms with E-state index in [0.29, 0.717) is 12.5 Å². The predicted molar refractivity (Wildman–Crippen MR) is 108 cm³/mol. The SMILES string of the molecule is Cc1ccc(NC(=NCCN2CCOCC2)NC(=O)c2cccc(F)c2)cc1. The summed E-state index contributed by atoms with van der Waals surface area (Å²) in [5.74, 6) is -0.527. The fraction of sp³-hybridized carbons (Fsp3) is 0.333. The molecule has 2 aromatic rings. The zero-order chi connectivity index (χ0) is 19.8. The Kier molecular flexibility index (Phi) is 7.11. The molecular weight excluding hydrogens is 359 g/mol. The maximum atomic E-state index is 13.4. The lowest BCUT2D eigenvalue weighted by Gasteiger charge is -2.25. The number of hydrogen-bond donors (Lipinski definition) is 2. The van der Waals surface area contributed by atoms with Crippen molar-refractivity contribution >= 4 is 17.6 Å². The number of amides is 1. The fourth-order valence-corrected chi connectivity index (χ4v) is 2.82. The number of carbonyl (C=O) groups excluding carboxylic acids is 1. The van der Waals surface area contributed by atoms with E-state index in [-0.39, 0.29) is 5.56 Å². The molecule has 0 unspecified atom stereocenters. The van der Waals surface area contributed by atoms with Crippen molar-refractivity contribution < 1.29 is 13.9 Å². The highest BCUT2D eigenvalue weighted by molar-refractivity contribution is 6.09. The van der Waals surface area contributed by atoms with Crippen molar-refractivity contribution in [3.05, 3.63) is 65.5 Å². The third-order valence-electron chi connectivity index (χ3n) is 4.42. The highest BCUT2D eigenvalue weighted by Gasteiger charge is 2.12. The van der Waals surface area contributed by atoms with Crippen LogP contribution in [0.4, 0.5) is 10.1 Å². The molecule has 0 bridgehead atoms. The summed E-state index contributed by atoms with van der Waals surface area (Å²) in [6, 6.07) is 13.4. The number of nitrogens with one attached hydrogen (secondary N) is 2. The van der Waals surface area contributed by atoms with Gasteiger partial charge in [-0.25, -0.2) is 4.39 Å². The van der Waals surface area contributed by atoms with E-state index in [1.54, 1.807) is 6.07 Å². The van der Waals surface area contributed by atoms with E-state index in [2.05, 4.69) is 20.5 Å². The molecule has 1 aliphatic heterocycles. The zero-order valence-corrected chi connectivity index (χ0v) is 16.0. The highest BCUT2D eigenvalue weighted by Crippen LogP contribution is 2.09. The van der Waals surface area contributed by atoms with Crippen molar-refractivity contribution in [2.75, 3.05) is 44.7 Å². The van der Waals surface area contributed by atoms with Gasteiger partial charge in [-0.2, -0.15) is 0 Å². The number of rotatable bonds is 5. The Morgan fingerprint density at radius 1 is 1.18 bits per heavy atom. The van der Waals surface area contributed by atoms with Gasteiger partial charge in [0.25, 0.3) is 5.91 Å². The first-order valence-corrected chi connectivity index (χ1v) is 9.35. The Bertz CT molecular complexity index is 817. The zero-order valence-electron chi connectivity index (χ0n) is 16.0. The van der Waals surface area contributed by atoms with E-state index in [4.69, 9.17) is 4.74 Å². The molecule has 0 spiro atoms. The van der Waals surface area contributed by atoms with Crippen molar-refractivity contribution in [1.29, 1.82) is 0 Å². The van der Waals surface area contributed by atoms with Crippen molar-refractivity contribution in [1.82, 2.24) is 10.2 Å². The topological polar surface area (TPSA) is 66.0 Å². The van der Waals surface area contributed by atoms with Crippen molar-refractivity contribution in [3.63, 3.8) is 0 Å². The largest absolute Gasteiger partial charge is 0.379 e. The lowest BCUT2D eigenvalue weighted by Crippen LogP contribution is -2.39. The number of hydrogen-bond acceptors (Lipinski definition) is 4. The molecule has 0 aliphatic carbocycles. The van der Waals surface area contributed by atoms with Gasteiger partial charge in [0.1, 0.15) is 5.82 Å². The molecular formula is C21H25FN4O2. The molecule has 1 amide bonds. The summed E-state index contributed by atoms with van der Waals surface area (Å²) < 4.78 is 18.8. The van der Waals surface area contributed by atoms with Gasteiger partial charge in [-0.1, -0.05) is 23.8 Å². The number of morpholine rings is 1. The minimum atomic E-state index is -0.454. The van der Waals surface area contributed by atoms with Crippen LogP contribution in [-0.2, 0) is 4.74 Å². The summed E-state index contributed by atoms with van der Waals surface area (Å²) in [6.07, 6.45) is 0. The molecule has 0 saturated carbocycles. The Balaban J connectivity index is 1.68. The monoisotopic (exact) mass is 384 g/mol. The van der Waals surface area contributed by atoms with E-state index in [1.165, 1.54) is 18.2 Å². The lowest BCUT2D eigenvalue weighted by molar-refractivity contribution is 0.0394. The average Bonchev–Trinajstić information content (AvgIpc) is 2.70. The first kappa shape index (κ1) is 20.0. The molecule has 2 aromatic carbocycles. The number of nitrogens with zero attached hydrogens (tertiary/aromatic N) is 2. The van der Waals surface area contributed by atoms with E-state index in [9.17, 15) is 9.18 Å². The molecule has 1 heterocycles. The maximum absolute atomic E-state index is 13.4. The quantitative estimate of drug-likeness (QED) is 0.615. The van der Waals surface area contributed by atoms with E-state index in [0.717, 1.165) is 44.1 Å². The smallest absolute Gasteiger partial charge is 0.258 e. The molecule has 28 heavy (non-hydrogen) atoms. The van der Waals surface area contributed by atoms with Gasteiger partial charge in [-0.15, -0.1) is 0 Å². The van der Waals surface area contributed by atoms with Gasteiger partial charge in [0.2, 0.25) is 5.96 Å². The van der Waals surface area contributed by atoms with Crippen LogP contribution in [0.3, 0.4) is 0 Å². The van der Waals surface area contributed by atoms with Gasteiger partial charge < -0.3 is 10.1 Å². The number of guanidine groups is 1. The molecule has 0 radical (unpaired) electrons. The molecule has 0 atom stereocenters. The van der Waals surface area contributed by atoms with Gasteiger partial charge in [0, 0.05) is 30.9 Å². The Morgan fingerprint density at radius 2 is 1.93 bits per heavy atom. The van der Waals surface area contributed by atoms with Gasteiger partial charge in [0.15, 0.2) is 0 Å². The minimum absolute atomic E-state index is 0.242. The summed E-state index contributed by atoms with van der Waals surface area (Å²) in [4.78, 5) is 19.3. The van der Waals surface area contributed by atoms with Gasteiger partial charge >= 0.3 is 0 Å². The normalized spacial score (nSPS) is 15.3. The number of carbonyl (C=O) groups is 1. The lowest BCUT2D eigenvalue weighted by atomic mass is 10.2. The second-order valence-electron chi connectivity index (χ2n) is 6.64. The molecule has 6 nitrogen and oxygen atoms in total. The van der Waals surface area contributed by atoms with Crippen molar-refractivity contribution in [2.24, 2.45) is 4.99 Å². The molecule has 1 saturated heterocycles. The number of aryl methyl sites for hydroxylation is 1. The Morgan fingerprint density at radius 3 is 2.64 bits per heavy atom. The molecule has 1 fully saturated rings. The Labute approximate surface area is 164 Å². The summed E-state index contributed by atoms with van der Waals surface area (Å²) in [5.41, 5.74) is 2.20. The van der Waals surface area contributed by atoms with Crippen LogP contribution >= 0.6 is 0 Å². The first-order valence-electron chi connectivity index (χ1n) is 9.35. The van der Waals surface area contributed by atoms with E-state index >= 15 is 0 Å². The minimum Gasteiger partial charge on any atom is -0.379 e. The second kappa shape index (κ2) is 9.96. The van der Waals surface area contributed by atoms with E-state index in [1.807, 2.05) is 31.2 Å². The molecule has 0 aromatic heterocycles. The summed E-state index contributed by atoms with van der Waals surface area (Å²) in [6.45, 7) is 6.53. The number of benzene rings is 2. The first-order chi connectivity index (χ1) is 13.6. The standard InChI is InChI=1S/C21H25FN4O2/c1-16-5-7-19(8-6-16)24-21(23-9-10-26-11-13-28-14-12-26)25-20(27)17-3-2-4-18(22)15-17/h2-8,15H,9-14H2,1H3,(H2,23,24,25,27). The molecule has 1 aliphatic rings. The van der Waals surface area contributed by atoms with Crippen LogP contribution in [0.2, 0.25) is 0 Å². The third-order valence-corrected chi connectivity index (χ3v) is 4.42. The van der Waals surface area contributed by atoms with Crippen molar-refractivity contribution in [2.45, 2.75) is 6.92 Å². The summed E-state index contributed by atoms with van der Waals surface area (Å²) >= 11 is 0. The predicted octanol–water partition coefficient (Wildman–Crippen LogP) is 2.66. The van der Waals surface area contributed by atoms with Gasteiger partial charge in [-0.05, 0) is 37.3 Å². The highest BCUT2D eigenvalue weighted by atomic mass is 19.1. The van der Waals surface area contributed by atoms with Crippen LogP contribution in [-0.4, -0.2) is 56.2 Å². The number of aliphatic imine (C=N–C) groups is 1. The maximum Gasteiger partial charge on any atom is 0.258 e. The summed E-state index contributed by atoms with van der Waals surface area (Å²) in [5, 5.41) is 5.89. The van der Waals surface area contributed by atoms with Crippen LogP contribution in [0.1, 0.15) is 15.9 Å². The molecule has 2 N–H and O–H groups in total. The number of anilines is 1.